The van der Waals surface area contributed by atoms with Crippen molar-refractivity contribution < 1.29 is 35.1 Å². The lowest BCUT2D eigenvalue weighted by atomic mass is 9.70. The van der Waals surface area contributed by atoms with Crippen LogP contribution in [0.3, 0.4) is 0 Å². The van der Waals surface area contributed by atoms with E-state index in [4.69, 9.17) is 9.84 Å². The van der Waals surface area contributed by atoms with Gasteiger partial charge in [0.1, 0.15) is 17.1 Å². The topological polar surface area (TPSA) is 127 Å². The maximum atomic E-state index is 11.2. The van der Waals surface area contributed by atoms with E-state index < -0.39 is 48.5 Å². The third kappa shape index (κ3) is 1.44. The highest BCUT2D eigenvalue weighted by Gasteiger charge is 2.68. The van der Waals surface area contributed by atoms with Crippen LogP contribution in [-0.2, 0) is 9.53 Å². The molecule has 2 rings (SSSR count). The molecule has 4 atom stereocenters. The van der Waals surface area contributed by atoms with Crippen LogP contribution in [-0.4, -0.2) is 62.2 Å². The Bertz CT molecular complexity index is 366. The largest absolute Gasteiger partial charge is 0.481 e. The maximum absolute atomic E-state index is 11.2. The highest BCUT2D eigenvalue weighted by molar-refractivity contribution is 5.74. The van der Waals surface area contributed by atoms with Crippen molar-refractivity contribution >= 4 is 5.97 Å². The van der Waals surface area contributed by atoms with Crippen LogP contribution in [0.15, 0.2) is 12.2 Å². The van der Waals surface area contributed by atoms with Crippen LogP contribution in [0.5, 0.6) is 0 Å². The van der Waals surface area contributed by atoms with E-state index in [1.807, 2.05) is 0 Å². The summed E-state index contributed by atoms with van der Waals surface area (Å²) < 4.78 is 5.38. The van der Waals surface area contributed by atoms with Gasteiger partial charge < -0.3 is 30.3 Å². The number of ether oxygens (including phenoxy) is 1. The van der Waals surface area contributed by atoms with Crippen molar-refractivity contribution in [3.63, 3.8) is 0 Å². The van der Waals surface area contributed by atoms with Crippen molar-refractivity contribution in [2.24, 2.45) is 11.8 Å². The number of carbonyl (C=O) groups is 1. The van der Waals surface area contributed by atoms with Crippen molar-refractivity contribution in [1.82, 2.24) is 0 Å². The molecule has 1 fully saturated rings. The highest BCUT2D eigenvalue weighted by Crippen LogP contribution is 2.54. The molecule has 0 aromatic carbocycles. The van der Waals surface area contributed by atoms with E-state index in [-0.39, 0.29) is 0 Å². The number of aliphatic carboxylic acids is 1. The van der Waals surface area contributed by atoms with Crippen LogP contribution >= 0.6 is 0 Å². The molecule has 0 aliphatic carbocycles. The van der Waals surface area contributed by atoms with Crippen molar-refractivity contribution in [3.05, 3.63) is 12.2 Å². The highest BCUT2D eigenvalue weighted by atomic mass is 16.6. The first-order chi connectivity index (χ1) is 7.92. The van der Waals surface area contributed by atoms with Gasteiger partial charge in [-0.1, -0.05) is 12.2 Å². The quantitative estimate of drug-likeness (QED) is 0.278. The molecule has 2 bridgehead atoms. The monoisotopic (exact) mass is 246 g/mol. The van der Waals surface area contributed by atoms with Crippen molar-refractivity contribution in [2.45, 2.75) is 17.5 Å². The molecule has 5 N–H and O–H groups in total. The predicted molar refractivity (Wildman–Crippen MR) is 52.7 cm³/mol. The first-order valence-corrected chi connectivity index (χ1v) is 5.14. The minimum atomic E-state index is -1.96. The van der Waals surface area contributed by atoms with Gasteiger partial charge in [0.2, 0.25) is 0 Å². The molecule has 96 valence electrons. The van der Waals surface area contributed by atoms with Crippen LogP contribution in [0.4, 0.5) is 0 Å². The van der Waals surface area contributed by atoms with E-state index in [0.717, 1.165) is 0 Å². The predicted octanol–water partition coefficient (Wildman–Crippen LogP) is -2.32. The Kier molecular flexibility index (Phi) is 2.75. The summed E-state index contributed by atoms with van der Waals surface area (Å²) in [6.07, 6.45) is 0.787. The Balaban J connectivity index is 2.50. The average Bonchev–Trinajstić information content (AvgIpc) is 2.80. The van der Waals surface area contributed by atoms with Crippen LogP contribution in [0.2, 0.25) is 0 Å². The summed E-state index contributed by atoms with van der Waals surface area (Å²) in [5, 5.41) is 46.3. The van der Waals surface area contributed by atoms with Gasteiger partial charge in [-0.05, 0) is 0 Å². The number of aliphatic hydroxyl groups excluding tert-OH is 3. The third-order valence-electron chi connectivity index (χ3n) is 3.56. The standard InChI is InChI=1S/C10H14O7/c11-3-9-1-2-10(4-12,17-9)6(8(15)16)5(9)7(13)14/h1-2,5-7,11-14H,3-4H2,(H,15,16). The number of carboxylic acids is 1. The zero-order valence-corrected chi connectivity index (χ0v) is 8.85. The van der Waals surface area contributed by atoms with Gasteiger partial charge in [-0.3, -0.25) is 4.79 Å². The van der Waals surface area contributed by atoms with Gasteiger partial charge in [-0.25, -0.2) is 0 Å². The normalized spacial score (nSPS) is 43.6. The Hall–Kier alpha value is -0.990. The molecule has 2 aliphatic heterocycles. The van der Waals surface area contributed by atoms with Gasteiger partial charge in [0, 0.05) is 0 Å². The number of hydrogen-bond donors (Lipinski definition) is 5. The van der Waals surface area contributed by atoms with Crippen molar-refractivity contribution in [3.8, 4) is 0 Å². The summed E-state index contributed by atoms with van der Waals surface area (Å²) in [5.41, 5.74) is -2.96. The third-order valence-corrected chi connectivity index (χ3v) is 3.56. The Morgan fingerprint density at radius 2 is 1.76 bits per heavy atom. The molecule has 17 heavy (non-hydrogen) atoms. The fourth-order valence-electron chi connectivity index (χ4n) is 2.80. The van der Waals surface area contributed by atoms with Gasteiger partial charge in [0.25, 0.3) is 0 Å². The lowest BCUT2D eigenvalue weighted by Gasteiger charge is -2.32. The number of hydrogen-bond acceptors (Lipinski definition) is 6. The average molecular weight is 246 g/mol. The summed E-state index contributed by atoms with van der Waals surface area (Å²) in [6.45, 7) is -1.19. The Labute approximate surface area is 96.6 Å². The Morgan fingerprint density at radius 3 is 2.18 bits per heavy atom. The number of fused-ring (bicyclic) bond motifs is 2. The molecule has 7 heteroatoms. The van der Waals surface area contributed by atoms with Crippen molar-refractivity contribution in [2.75, 3.05) is 13.2 Å². The fraction of sp³-hybridized carbons (Fsp3) is 0.700. The van der Waals surface area contributed by atoms with Gasteiger partial charge in [-0.2, -0.15) is 0 Å². The van der Waals surface area contributed by atoms with Gasteiger partial charge >= 0.3 is 5.97 Å². The first kappa shape index (κ1) is 12.5. The summed E-state index contributed by atoms with van der Waals surface area (Å²) >= 11 is 0. The van der Waals surface area contributed by atoms with Gasteiger partial charge in [0.05, 0.1) is 19.1 Å². The fourth-order valence-corrected chi connectivity index (χ4v) is 2.80. The number of rotatable bonds is 4. The summed E-state index contributed by atoms with van der Waals surface area (Å²) in [4.78, 5) is 11.2. The second-order valence-electron chi connectivity index (χ2n) is 4.42. The molecule has 0 amide bonds. The summed E-state index contributed by atoms with van der Waals surface area (Å²) in [7, 11) is 0. The zero-order chi connectivity index (χ0) is 12.8. The van der Waals surface area contributed by atoms with Crippen LogP contribution in [0.25, 0.3) is 0 Å². The molecule has 1 saturated heterocycles. The molecule has 0 saturated carbocycles. The molecule has 0 spiro atoms. The molecular weight excluding hydrogens is 232 g/mol. The smallest absolute Gasteiger partial charge is 0.310 e. The molecule has 0 aromatic heterocycles. The lowest BCUT2D eigenvalue weighted by Crippen LogP contribution is -2.49. The first-order valence-electron chi connectivity index (χ1n) is 5.14. The van der Waals surface area contributed by atoms with E-state index in [1.165, 1.54) is 12.2 Å². The van der Waals surface area contributed by atoms with Crippen LogP contribution in [0.1, 0.15) is 0 Å². The van der Waals surface area contributed by atoms with E-state index in [0.29, 0.717) is 0 Å². The molecule has 0 radical (unpaired) electrons. The number of carboxylic acid groups (broad SMARTS) is 1. The summed E-state index contributed by atoms with van der Waals surface area (Å²) in [5.74, 6) is -3.84. The molecule has 2 aliphatic rings. The van der Waals surface area contributed by atoms with Gasteiger partial charge in [-0.15, -0.1) is 0 Å². The van der Waals surface area contributed by atoms with E-state index in [9.17, 15) is 25.2 Å². The zero-order valence-electron chi connectivity index (χ0n) is 8.85. The van der Waals surface area contributed by atoms with E-state index in [2.05, 4.69) is 0 Å². The summed E-state index contributed by atoms with van der Waals surface area (Å²) in [6, 6.07) is 0. The second kappa shape index (κ2) is 3.76. The molecule has 2 heterocycles. The van der Waals surface area contributed by atoms with E-state index in [1.54, 1.807) is 0 Å². The minimum absolute atomic E-state index is 0.586. The number of aliphatic hydroxyl groups is 4. The van der Waals surface area contributed by atoms with E-state index >= 15 is 0 Å². The molecule has 0 aromatic rings. The maximum Gasteiger partial charge on any atom is 0.310 e. The second-order valence-corrected chi connectivity index (χ2v) is 4.42. The molecule has 4 unspecified atom stereocenters. The SMILES string of the molecule is O=C(O)C1C(C(O)O)C2(CO)C=CC1(CO)O2. The lowest BCUT2D eigenvalue weighted by molar-refractivity contribution is -0.159. The molecular formula is C10H14O7. The van der Waals surface area contributed by atoms with Crippen LogP contribution in [0, 0.1) is 11.8 Å². The van der Waals surface area contributed by atoms with Gasteiger partial charge in [0.15, 0.2) is 6.29 Å². The Morgan fingerprint density at radius 1 is 1.24 bits per heavy atom. The minimum Gasteiger partial charge on any atom is -0.481 e. The van der Waals surface area contributed by atoms with Crippen molar-refractivity contribution in [1.29, 1.82) is 0 Å². The van der Waals surface area contributed by atoms with Crippen LogP contribution < -0.4 is 0 Å². The molecule has 7 nitrogen and oxygen atoms in total.